The van der Waals surface area contributed by atoms with Gasteiger partial charge in [-0.15, -0.1) is 3.89 Å². The van der Waals surface area contributed by atoms with Crippen molar-refractivity contribution in [3.05, 3.63) is 24.4 Å². The van der Waals surface area contributed by atoms with E-state index in [1.54, 1.807) is 24.4 Å². The summed E-state index contributed by atoms with van der Waals surface area (Å²) < 4.78 is 34.0. The predicted molar refractivity (Wildman–Crippen MR) is 71.4 cm³/mol. The fraction of sp³-hybridized carbons (Fsp3) is 0.333. The summed E-state index contributed by atoms with van der Waals surface area (Å²) in [5.41, 5.74) is 1.52. The molecule has 2 aromatic rings. The molecule has 1 amide bonds. The summed E-state index contributed by atoms with van der Waals surface area (Å²) in [6.07, 6.45) is 1.69. The number of carbonyl (C=O) groups excluding carboxylic acids is 1. The number of halogens is 1. The van der Waals surface area contributed by atoms with Crippen molar-refractivity contribution in [2.24, 2.45) is 5.92 Å². The standard InChI is InChI=1S/C12H12FN3O3S/c13-20(18,19)7-8-3-12(17)16(6-8)10-1-2-11-9(4-10)5-14-15-11/h1-2,4-5,8H,3,6-7H2,(H,14,15). The van der Waals surface area contributed by atoms with E-state index in [0.29, 0.717) is 5.69 Å². The van der Waals surface area contributed by atoms with Crippen molar-refractivity contribution in [1.29, 1.82) is 0 Å². The van der Waals surface area contributed by atoms with Crippen LogP contribution in [-0.4, -0.2) is 36.8 Å². The summed E-state index contributed by atoms with van der Waals surface area (Å²) in [6.45, 7) is 0.214. The predicted octanol–water partition coefficient (Wildman–Crippen LogP) is 1.22. The lowest BCUT2D eigenvalue weighted by Gasteiger charge is -2.16. The van der Waals surface area contributed by atoms with Gasteiger partial charge in [-0.05, 0) is 18.2 Å². The fourth-order valence-corrected chi connectivity index (χ4v) is 3.31. The van der Waals surface area contributed by atoms with E-state index in [2.05, 4.69) is 10.2 Å². The minimum Gasteiger partial charge on any atom is -0.312 e. The van der Waals surface area contributed by atoms with Crippen LogP contribution in [0.4, 0.5) is 9.57 Å². The number of amides is 1. The summed E-state index contributed by atoms with van der Waals surface area (Å²) in [7, 11) is -4.56. The highest BCUT2D eigenvalue weighted by molar-refractivity contribution is 7.86. The molecule has 1 aromatic heterocycles. The van der Waals surface area contributed by atoms with Gasteiger partial charge in [-0.25, -0.2) is 0 Å². The molecule has 0 saturated carbocycles. The average molecular weight is 297 g/mol. The summed E-state index contributed by atoms with van der Waals surface area (Å²) in [5.74, 6) is -1.30. The van der Waals surface area contributed by atoms with Crippen LogP contribution >= 0.6 is 0 Å². The molecule has 1 aliphatic rings. The molecule has 1 N–H and O–H groups in total. The number of nitrogens with one attached hydrogen (secondary N) is 1. The monoisotopic (exact) mass is 297 g/mol. The van der Waals surface area contributed by atoms with Crippen LogP contribution in [0.3, 0.4) is 0 Å². The van der Waals surface area contributed by atoms with Crippen LogP contribution in [0.2, 0.25) is 0 Å². The smallest absolute Gasteiger partial charge is 0.302 e. The van der Waals surface area contributed by atoms with E-state index in [9.17, 15) is 17.1 Å². The second-order valence-corrected chi connectivity index (χ2v) is 6.33. The van der Waals surface area contributed by atoms with E-state index in [0.717, 1.165) is 10.9 Å². The van der Waals surface area contributed by atoms with Gasteiger partial charge in [0.15, 0.2) is 0 Å². The Balaban J connectivity index is 1.85. The highest BCUT2D eigenvalue weighted by Crippen LogP contribution is 2.28. The summed E-state index contributed by atoms with van der Waals surface area (Å²) in [4.78, 5) is 13.4. The number of aromatic amines is 1. The SMILES string of the molecule is O=C1CC(CS(=O)(=O)F)CN1c1ccc2[nH]ncc2c1. The molecular formula is C12H12FN3O3S. The second kappa shape index (κ2) is 4.55. The van der Waals surface area contributed by atoms with Crippen LogP contribution < -0.4 is 4.90 Å². The van der Waals surface area contributed by atoms with Crippen LogP contribution in [-0.2, 0) is 15.0 Å². The number of carbonyl (C=O) groups is 1. The molecule has 8 heteroatoms. The Morgan fingerprint density at radius 1 is 1.45 bits per heavy atom. The van der Waals surface area contributed by atoms with Crippen molar-refractivity contribution in [2.75, 3.05) is 17.2 Å². The van der Waals surface area contributed by atoms with Crippen molar-refractivity contribution >= 4 is 32.7 Å². The van der Waals surface area contributed by atoms with Gasteiger partial charge in [0, 0.05) is 30.0 Å². The van der Waals surface area contributed by atoms with Gasteiger partial charge in [-0.1, -0.05) is 0 Å². The Morgan fingerprint density at radius 3 is 3.00 bits per heavy atom. The second-order valence-electron chi connectivity index (χ2n) is 4.92. The minimum absolute atomic E-state index is 0.0482. The van der Waals surface area contributed by atoms with E-state index in [1.807, 2.05) is 0 Å². The Labute approximate surface area is 114 Å². The summed E-state index contributed by atoms with van der Waals surface area (Å²) >= 11 is 0. The van der Waals surface area contributed by atoms with Gasteiger partial charge in [0.1, 0.15) is 0 Å². The highest BCUT2D eigenvalue weighted by atomic mass is 32.3. The lowest BCUT2D eigenvalue weighted by Crippen LogP contribution is -2.25. The maximum atomic E-state index is 12.7. The number of nitrogens with zero attached hydrogens (tertiary/aromatic N) is 2. The number of H-pyrrole nitrogens is 1. The van der Waals surface area contributed by atoms with Gasteiger partial charge < -0.3 is 4.90 Å². The Morgan fingerprint density at radius 2 is 2.25 bits per heavy atom. The molecule has 3 rings (SSSR count). The first-order valence-corrected chi connectivity index (χ1v) is 7.63. The zero-order valence-electron chi connectivity index (χ0n) is 10.4. The van der Waals surface area contributed by atoms with Gasteiger partial charge in [0.2, 0.25) is 5.91 Å². The molecule has 0 bridgehead atoms. The summed E-state index contributed by atoms with van der Waals surface area (Å²) in [6, 6.07) is 5.35. The van der Waals surface area contributed by atoms with E-state index < -0.39 is 21.9 Å². The normalized spacial score (nSPS) is 19.9. The van der Waals surface area contributed by atoms with Crippen molar-refractivity contribution in [1.82, 2.24) is 10.2 Å². The Hall–Kier alpha value is -1.96. The number of hydrogen-bond acceptors (Lipinski definition) is 4. The first kappa shape index (κ1) is 13.0. The number of fused-ring (bicyclic) bond motifs is 1. The van der Waals surface area contributed by atoms with Crippen LogP contribution in [0.1, 0.15) is 6.42 Å². The highest BCUT2D eigenvalue weighted by Gasteiger charge is 2.33. The first-order chi connectivity index (χ1) is 9.42. The van der Waals surface area contributed by atoms with Gasteiger partial charge in [-0.3, -0.25) is 9.89 Å². The molecule has 20 heavy (non-hydrogen) atoms. The summed E-state index contributed by atoms with van der Waals surface area (Å²) in [5, 5.41) is 7.56. The van der Waals surface area contributed by atoms with E-state index in [4.69, 9.17) is 0 Å². The number of rotatable bonds is 3. The first-order valence-electron chi connectivity index (χ1n) is 6.08. The van der Waals surface area contributed by atoms with Crippen molar-refractivity contribution in [2.45, 2.75) is 6.42 Å². The fourth-order valence-electron chi connectivity index (χ4n) is 2.52. The molecule has 1 fully saturated rings. The quantitative estimate of drug-likeness (QED) is 0.863. The number of aromatic nitrogens is 2. The third-order valence-corrected chi connectivity index (χ3v) is 4.24. The third kappa shape index (κ3) is 2.51. The maximum Gasteiger partial charge on any atom is 0.302 e. The molecule has 2 heterocycles. The Kier molecular flexibility index (Phi) is 2.97. The molecule has 1 unspecified atom stereocenters. The number of anilines is 1. The molecule has 0 radical (unpaired) electrons. The lowest BCUT2D eigenvalue weighted by atomic mass is 10.1. The van der Waals surface area contributed by atoms with E-state index >= 15 is 0 Å². The molecular weight excluding hydrogens is 285 g/mol. The Bertz CT molecular complexity index is 771. The molecule has 1 saturated heterocycles. The maximum absolute atomic E-state index is 12.7. The molecule has 1 aliphatic heterocycles. The molecule has 6 nitrogen and oxygen atoms in total. The van der Waals surface area contributed by atoms with Crippen LogP contribution in [0.15, 0.2) is 24.4 Å². The molecule has 106 valence electrons. The zero-order valence-corrected chi connectivity index (χ0v) is 11.2. The van der Waals surface area contributed by atoms with Crippen molar-refractivity contribution in [3.63, 3.8) is 0 Å². The molecule has 0 spiro atoms. The van der Waals surface area contributed by atoms with Gasteiger partial charge >= 0.3 is 10.2 Å². The molecule has 0 aliphatic carbocycles. The number of hydrogen-bond donors (Lipinski definition) is 1. The van der Waals surface area contributed by atoms with E-state index in [1.165, 1.54) is 4.90 Å². The zero-order chi connectivity index (χ0) is 14.3. The van der Waals surface area contributed by atoms with Crippen LogP contribution in [0.5, 0.6) is 0 Å². The largest absolute Gasteiger partial charge is 0.312 e. The third-order valence-electron chi connectivity index (χ3n) is 3.38. The molecule has 1 atom stereocenters. The topological polar surface area (TPSA) is 83.1 Å². The van der Waals surface area contributed by atoms with Crippen LogP contribution in [0.25, 0.3) is 10.9 Å². The van der Waals surface area contributed by atoms with Gasteiger partial charge in [0.05, 0.1) is 17.5 Å². The van der Waals surface area contributed by atoms with Crippen molar-refractivity contribution in [3.8, 4) is 0 Å². The van der Waals surface area contributed by atoms with Gasteiger partial charge in [-0.2, -0.15) is 13.5 Å². The van der Waals surface area contributed by atoms with Crippen LogP contribution in [0, 0.1) is 5.92 Å². The van der Waals surface area contributed by atoms with E-state index in [-0.39, 0.29) is 18.9 Å². The minimum atomic E-state index is -4.56. The van der Waals surface area contributed by atoms with Crippen molar-refractivity contribution < 1.29 is 17.1 Å². The number of benzene rings is 1. The molecule has 1 aromatic carbocycles. The van der Waals surface area contributed by atoms with Gasteiger partial charge in [0.25, 0.3) is 0 Å². The average Bonchev–Trinajstić information content (AvgIpc) is 2.92. The lowest BCUT2D eigenvalue weighted by molar-refractivity contribution is -0.117.